The van der Waals surface area contributed by atoms with Gasteiger partial charge in [0.1, 0.15) is 12.1 Å². The predicted molar refractivity (Wildman–Crippen MR) is 181 cm³/mol. The van der Waals surface area contributed by atoms with Crippen molar-refractivity contribution >= 4 is 40.8 Å². The third-order valence-corrected chi connectivity index (χ3v) is 9.74. The molecule has 3 aromatic carbocycles. The number of anilines is 1. The third kappa shape index (κ3) is 8.03. The lowest BCUT2D eigenvalue weighted by molar-refractivity contribution is -0.142. The molecule has 2 atom stereocenters. The van der Waals surface area contributed by atoms with E-state index in [0.29, 0.717) is 28.7 Å². The maximum Gasteiger partial charge on any atom is 0.247 e. The average molecular weight is 643 g/mol. The van der Waals surface area contributed by atoms with Gasteiger partial charge in [-0.25, -0.2) is 0 Å². The molecular formula is C37H43ClN4O4. The van der Waals surface area contributed by atoms with E-state index in [1.807, 2.05) is 43.3 Å². The fourth-order valence-electron chi connectivity index (χ4n) is 6.51. The van der Waals surface area contributed by atoms with Gasteiger partial charge >= 0.3 is 0 Å². The maximum absolute atomic E-state index is 14.2. The van der Waals surface area contributed by atoms with E-state index >= 15 is 0 Å². The van der Waals surface area contributed by atoms with Crippen molar-refractivity contribution in [2.24, 2.45) is 5.92 Å². The fraction of sp³-hybridized carbons (Fsp3) is 0.405. The van der Waals surface area contributed by atoms with Crippen LogP contribution in [0.2, 0.25) is 5.02 Å². The molecular weight excluding hydrogens is 600 g/mol. The summed E-state index contributed by atoms with van der Waals surface area (Å²) in [6.45, 7) is 8.13. The van der Waals surface area contributed by atoms with E-state index in [9.17, 15) is 19.2 Å². The lowest BCUT2D eigenvalue weighted by Crippen LogP contribution is -2.58. The molecule has 5 rings (SSSR count). The number of carbonyl (C=O) groups excluding carboxylic acids is 4. The molecule has 1 fully saturated rings. The molecule has 0 aromatic heterocycles. The van der Waals surface area contributed by atoms with Crippen molar-refractivity contribution in [1.29, 1.82) is 0 Å². The molecule has 242 valence electrons. The molecule has 0 aliphatic carbocycles. The van der Waals surface area contributed by atoms with Gasteiger partial charge in [0.15, 0.2) is 5.78 Å². The molecule has 9 heteroatoms. The molecule has 0 saturated carbocycles. The molecule has 0 spiro atoms. The molecule has 1 saturated heterocycles. The highest BCUT2D eigenvalue weighted by Crippen LogP contribution is 2.28. The molecule has 2 N–H and O–H groups in total. The van der Waals surface area contributed by atoms with Crippen LogP contribution in [0, 0.1) is 12.8 Å². The van der Waals surface area contributed by atoms with Crippen LogP contribution in [0.1, 0.15) is 66.6 Å². The standard InChI is InChI=1S/C37H43ClN4O4/c1-24(2)41-19-17-27(18-20-41)35(37(46)39-30-13-14-31(38)25(3)21-30)40-36(45)32-22-28-11-7-8-12-29(28)23-42(32)34(44)16-15-33(43)26-9-5-4-6-10-26/h4-14,21,24,27,32,35H,15-20,22-23H2,1-3H3,(H,39,46)(H,40,45)/t32-,35-/m0/s1. The number of rotatable bonds is 10. The van der Waals surface area contributed by atoms with Crippen molar-refractivity contribution in [1.82, 2.24) is 15.1 Å². The Morgan fingerprint density at radius 1 is 0.891 bits per heavy atom. The molecule has 2 aliphatic heterocycles. The van der Waals surface area contributed by atoms with Gasteiger partial charge in [-0.1, -0.05) is 66.2 Å². The van der Waals surface area contributed by atoms with Crippen molar-refractivity contribution in [2.45, 2.75) is 77.5 Å². The summed E-state index contributed by atoms with van der Waals surface area (Å²) in [6.07, 6.45) is 1.89. The highest BCUT2D eigenvalue weighted by Gasteiger charge is 2.39. The Morgan fingerprint density at radius 2 is 1.57 bits per heavy atom. The summed E-state index contributed by atoms with van der Waals surface area (Å²) < 4.78 is 0. The number of halogens is 1. The molecule has 3 aromatic rings. The van der Waals surface area contributed by atoms with Gasteiger partial charge in [0.05, 0.1) is 0 Å². The summed E-state index contributed by atoms with van der Waals surface area (Å²) in [4.78, 5) is 58.5. The minimum absolute atomic E-state index is 0.00678. The number of piperidine rings is 1. The normalized spacial score (nSPS) is 17.7. The summed E-state index contributed by atoms with van der Waals surface area (Å²) in [7, 11) is 0. The first kappa shape index (κ1) is 33.4. The molecule has 0 unspecified atom stereocenters. The largest absolute Gasteiger partial charge is 0.342 e. The number of nitrogens with zero attached hydrogens (tertiary/aromatic N) is 2. The topological polar surface area (TPSA) is 98.8 Å². The summed E-state index contributed by atoms with van der Waals surface area (Å²) in [5, 5.41) is 6.71. The average Bonchev–Trinajstić information content (AvgIpc) is 3.07. The van der Waals surface area contributed by atoms with Crippen molar-refractivity contribution < 1.29 is 19.2 Å². The van der Waals surface area contributed by atoms with Gasteiger partial charge in [0, 0.05) is 48.1 Å². The van der Waals surface area contributed by atoms with Crippen LogP contribution in [0.4, 0.5) is 5.69 Å². The maximum atomic E-state index is 14.2. The molecule has 2 aliphatic rings. The zero-order valence-electron chi connectivity index (χ0n) is 26.8. The van der Waals surface area contributed by atoms with Gasteiger partial charge in [-0.15, -0.1) is 0 Å². The Labute approximate surface area is 276 Å². The van der Waals surface area contributed by atoms with Crippen LogP contribution in [-0.4, -0.2) is 64.5 Å². The number of benzene rings is 3. The molecule has 46 heavy (non-hydrogen) atoms. The van der Waals surface area contributed by atoms with Gasteiger partial charge in [0.2, 0.25) is 17.7 Å². The highest BCUT2D eigenvalue weighted by molar-refractivity contribution is 6.31. The van der Waals surface area contributed by atoms with Gasteiger partial charge < -0.3 is 20.4 Å². The number of amides is 3. The summed E-state index contributed by atoms with van der Waals surface area (Å²) in [5.41, 5.74) is 3.97. The second-order valence-corrected chi connectivity index (χ2v) is 13.1. The van der Waals surface area contributed by atoms with Crippen LogP contribution in [0.3, 0.4) is 0 Å². The number of hydrogen-bond donors (Lipinski definition) is 2. The first-order chi connectivity index (χ1) is 22.1. The second-order valence-electron chi connectivity index (χ2n) is 12.7. The quantitative estimate of drug-likeness (QED) is 0.272. The van der Waals surface area contributed by atoms with Crippen LogP contribution in [0.15, 0.2) is 72.8 Å². The van der Waals surface area contributed by atoms with E-state index in [1.165, 1.54) is 0 Å². The number of Topliss-reactive ketones (excluding diaryl/α,β-unsaturated/α-hetero) is 1. The zero-order chi connectivity index (χ0) is 32.8. The molecule has 8 nitrogen and oxygen atoms in total. The predicted octanol–water partition coefficient (Wildman–Crippen LogP) is 5.81. The number of fused-ring (bicyclic) bond motifs is 1. The lowest BCUT2D eigenvalue weighted by Gasteiger charge is -2.40. The first-order valence-electron chi connectivity index (χ1n) is 16.2. The highest BCUT2D eigenvalue weighted by atomic mass is 35.5. The Morgan fingerprint density at radius 3 is 2.24 bits per heavy atom. The summed E-state index contributed by atoms with van der Waals surface area (Å²) >= 11 is 6.22. The number of aryl methyl sites for hydroxylation is 1. The summed E-state index contributed by atoms with van der Waals surface area (Å²) in [5.74, 6) is -1.11. The first-order valence-corrected chi connectivity index (χ1v) is 16.5. The molecule has 2 heterocycles. The van der Waals surface area contributed by atoms with Gasteiger partial charge in [-0.3, -0.25) is 19.2 Å². The van der Waals surface area contributed by atoms with Crippen molar-refractivity contribution in [3.05, 3.63) is 100 Å². The van der Waals surface area contributed by atoms with Crippen molar-refractivity contribution in [3.8, 4) is 0 Å². The molecule has 3 amide bonds. The number of nitrogens with one attached hydrogen (secondary N) is 2. The number of ketones is 1. The van der Waals surface area contributed by atoms with Crippen molar-refractivity contribution in [3.63, 3.8) is 0 Å². The van der Waals surface area contributed by atoms with Gasteiger partial charge in [-0.05, 0) is 87.5 Å². The van der Waals surface area contributed by atoms with Crippen LogP contribution in [0.5, 0.6) is 0 Å². The number of carbonyl (C=O) groups is 4. The van der Waals surface area contributed by atoms with Crippen LogP contribution in [-0.2, 0) is 27.3 Å². The monoisotopic (exact) mass is 642 g/mol. The van der Waals surface area contributed by atoms with E-state index in [2.05, 4.69) is 29.4 Å². The lowest BCUT2D eigenvalue weighted by atomic mass is 9.87. The third-order valence-electron chi connectivity index (χ3n) is 9.31. The number of hydrogen-bond acceptors (Lipinski definition) is 5. The van der Waals surface area contributed by atoms with Crippen LogP contribution < -0.4 is 10.6 Å². The Balaban J connectivity index is 1.36. The smallest absolute Gasteiger partial charge is 0.247 e. The molecule has 0 bridgehead atoms. The van der Waals surface area contributed by atoms with Crippen LogP contribution in [0.25, 0.3) is 0 Å². The van der Waals surface area contributed by atoms with E-state index in [4.69, 9.17) is 11.6 Å². The Hall–Kier alpha value is -4.01. The minimum Gasteiger partial charge on any atom is -0.342 e. The van der Waals surface area contributed by atoms with E-state index in [-0.39, 0.29) is 48.8 Å². The Kier molecular flexibility index (Phi) is 10.9. The van der Waals surface area contributed by atoms with E-state index in [0.717, 1.165) is 42.6 Å². The molecule has 0 radical (unpaired) electrons. The SMILES string of the molecule is Cc1cc(NC(=O)[C@@H](NC(=O)[C@@H]2Cc3ccccc3CN2C(=O)CCC(=O)c2ccccc2)C2CCN(C(C)C)CC2)ccc1Cl. The Bertz CT molecular complexity index is 1570. The van der Waals surface area contributed by atoms with E-state index in [1.54, 1.807) is 41.3 Å². The number of likely N-dealkylation sites (tertiary alicyclic amines) is 1. The van der Waals surface area contributed by atoms with Gasteiger partial charge in [0.25, 0.3) is 0 Å². The fourth-order valence-corrected chi connectivity index (χ4v) is 6.63. The second kappa shape index (κ2) is 15.1. The minimum atomic E-state index is -0.807. The zero-order valence-corrected chi connectivity index (χ0v) is 27.6. The van der Waals surface area contributed by atoms with Gasteiger partial charge in [-0.2, -0.15) is 0 Å². The van der Waals surface area contributed by atoms with E-state index < -0.39 is 12.1 Å². The van der Waals surface area contributed by atoms with Crippen LogP contribution >= 0.6 is 11.6 Å². The summed E-state index contributed by atoms with van der Waals surface area (Å²) in [6, 6.07) is 20.8. The van der Waals surface area contributed by atoms with Crippen molar-refractivity contribution in [2.75, 3.05) is 18.4 Å².